The third-order valence-corrected chi connectivity index (χ3v) is 5.26. The highest BCUT2D eigenvalue weighted by Crippen LogP contribution is 2.45. The first-order chi connectivity index (χ1) is 10.3. The standard InChI is InChI=1S/C18H29NO3S/c1-16(2,3)10-12(20)15(21)19-13-8-11-9-17(4,5)22-18(6,7)14(11)23-13/h8,12,20H,9-10H2,1-7H3,(H,19,21). The number of ether oxygens (including phenoxy) is 1. The summed E-state index contributed by atoms with van der Waals surface area (Å²) in [6.45, 7) is 14.3. The van der Waals surface area contributed by atoms with Gasteiger partial charge in [0.05, 0.1) is 16.2 Å². The van der Waals surface area contributed by atoms with Gasteiger partial charge < -0.3 is 15.2 Å². The number of aliphatic hydroxyl groups is 1. The summed E-state index contributed by atoms with van der Waals surface area (Å²) < 4.78 is 6.17. The molecule has 1 atom stereocenters. The van der Waals surface area contributed by atoms with Crippen molar-refractivity contribution in [2.45, 2.75) is 78.6 Å². The number of amides is 1. The first kappa shape index (κ1) is 18.4. The topological polar surface area (TPSA) is 58.6 Å². The van der Waals surface area contributed by atoms with Gasteiger partial charge in [-0.1, -0.05) is 20.8 Å². The molecule has 0 aromatic carbocycles. The van der Waals surface area contributed by atoms with Gasteiger partial charge in [-0.25, -0.2) is 0 Å². The van der Waals surface area contributed by atoms with Gasteiger partial charge >= 0.3 is 0 Å². The predicted octanol–water partition coefficient (Wildman–Crippen LogP) is 4.07. The second-order valence-corrected chi connectivity index (χ2v) is 9.84. The second-order valence-electron chi connectivity index (χ2n) is 8.78. The molecule has 2 N–H and O–H groups in total. The average molecular weight is 340 g/mol. The third-order valence-electron chi connectivity index (χ3n) is 3.86. The monoisotopic (exact) mass is 339 g/mol. The molecule has 23 heavy (non-hydrogen) atoms. The Labute approximate surface area is 143 Å². The van der Waals surface area contributed by atoms with E-state index in [0.717, 1.165) is 16.3 Å². The van der Waals surface area contributed by atoms with Crippen LogP contribution < -0.4 is 5.32 Å². The van der Waals surface area contributed by atoms with Crippen molar-refractivity contribution in [1.82, 2.24) is 0 Å². The van der Waals surface area contributed by atoms with Gasteiger partial charge in [-0.15, -0.1) is 11.3 Å². The lowest BCUT2D eigenvalue weighted by Gasteiger charge is -2.41. The van der Waals surface area contributed by atoms with E-state index >= 15 is 0 Å². The number of carbonyl (C=O) groups excluding carboxylic acids is 1. The van der Waals surface area contributed by atoms with E-state index < -0.39 is 6.10 Å². The van der Waals surface area contributed by atoms with Crippen molar-refractivity contribution >= 4 is 22.2 Å². The minimum absolute atomic E-state index is 0.0920. The highest BCUT2D eigenvalue weighted by Gasteiger charge is 2.40. The van der Waals surface area contributed by atoms with E-state index in [-0.39, 0.29) is 22.5 Å². The van der Waals surface area contributed by atoms with Crippen molar-refractivity contribution in [2.75, 3.05) is 5.32 Å². The third kappa shape index (κ3) is 4.55. The summed E-state index contributed by atoms with van der Waals surface area (Å²) in [6.07, 6.45) is 0.267. The van der Waals surface area contributed by atoms with E-state index in [1.54, 1.807) is 0 Å². The molecule has 0 bridgehead atoms. The summed E-state index contributed by atoms with van der Waals surface area (Å²) in [4.78, 5) is 13.4. The van der Waals surface area contributed by atoms with Crippen molar-refractivity contribution < 1.29 is 14.6 Å². The van der Waals surface area contributed by atoms with E-state index in [9.17, 15) is 9.90 Å². The number of thiophene rings is 1. The first-order valence-corrected chi connectivity index (χ1v) is 8.93. The molecule has 0 spiro atoms. The largest absolute Gasteiger partial charge is 0.383 e. The zero-order valence-corrected chi connectivity index (χ0v) is 16.1. The quantitative estimate of drug-likeness (QED) is 0.873. The molecule has 1 amide bonds. The molecule has 0 radical (unpaired) electrons. The molecule has 0 fully saturated rings. The Kier molecular flexibility index (Phi) is 4.70. The van der Waals surface area contributed by atoms with Gasteiger partial charge in [-0.05, 0) is 51.2 Å². The maximum atomic E-state index is 12.2. The Hall–Kier alpha value is -0.910. The fourth-order valence-corrected chi connectivity index (χ4v) is 4.36. The Balaban J connectivity index is 2.15. The summed E-state index contributed by atoms with van der Waals surface area (Å²) in [5.41, 5.74) is 0.543. The zero-order chi connectivity index (χ0) is 17.6. The van der Waals surface area contributed by atoms with Crippen LogP contribution in [0.2, 0.25) is 0 Å². The molecule has 4 nitrogen and oxygen atoms in total. The minimum atomic E-state index is -0.991. The van der Waals surface area contributed by atoms with Crippen LogP contribution >= 0.6 is 11.3 Å². The summed E-state index contributed by atoms with van der Waals surface area (Å²) in [5.74, 6) is -0.337. The van der Waals surface area contributed by atoms with E-state index in [2.05, 4.69) is 33.0 Å². The zero-order valence-electron chi connectivity index (χ0n) is 15.2. The average Bonchev–Trinajstić information content (AvgIpc) is 2.67. The van der Waals surface area contributed by atoms with Crippen LogP contribution in [0.5, 0.6) is 0 Å². The highest BCUT2D eigenvalue weighted by atomic mass is 32.1. The van der Waals surface area contributed by atoms with Crippen LogP contribution in [-0.2, 0) is 21.6 Å². The molecule has 2 rings (SSSR count). The van der Waals surface area contributed by atoms with Crippen molar-refractivity contribution in [2.24, 2.45) is 5.41 Å². The predicted molar refractivity (Wildman–Crippen MR) is 94.9 cm³/mol. The van der Waals surface area contributed by atoms with Crippen LogP contribution in [0.3, 0.4) is 0 Å². The van der Waals surface area contributed by atoms with Crippen molar-refractivity contribution in [3.05, 3.63) is 16.5 Å². The lowest BCUT2D eigenvalue weighted by molar-refractivity contribution is -0.135. The van der Waals surface area contributed by atoms with Crippen LogP contribution in [-0.4, -0.2) is 22.7 Å². The molecule has 5 heteroatoms. The lowest BCUT2D eigenvalue weighted by Crippen LogP contribution is -2.41. The summed E-state index contributed by atoms with van der Waals surface area (Å²) >= 11 is 1.54. The molecular formula is C18H29NO3S. The molecule has 130 valence electrons. The number of rotatable bonds is 3. The van der Waals surface area contributed by atoms with Crippen molar-refractivity contribution in [3.63, 3.8) is 0 Å². The van der Waals surface area contributed by atoms with Gasteiger partial charge in [0.25, 0.3) is 5.91 Å². The van der Waals surface area contributed by atoms with Gasteiger partial charge in [0.2, 0.25) is 0 Å². The molecule has 0 aliphatic carbocycles. The summed E-state index contributed by atoms with van der Waals surface area (Å²) in [7, 11) is 0. The maximum Gasteiger partial charge on any atom is 0.253 e. The lowest BCUT2D eigenvalue weighted by atomic mass is 9.88. The van der Waals surface area contributed by atoms with E-state index in [4.69, 9.17) is 4.74 Å². The second kappa shape index (κ2) is 5.87. The molecular weight excluding hydrogens is 310 g/mol. The minimum Gasteiger partial charge on any atom is -0.383 e. The number of hydrogen-bond acceptors (Lipinski definition) is 4. The fraction of sp³-hybridized carbons (Fsp3) is 0.722. The van der Waals surface area contributed by atoms with Crippen molar-refractivity contribution in [3.8, 4) is 0 Å². The Morgan fingerprint density at radius 3 is 2.57 bits per heavy atom. The molecule has 1 aliphatic rings. The summed E-state index contributed by atoms with van der Waals surface area (Å²) in [6, 6.07) is 2.02. The Morgan fingerprint density at radius 2 is 2.00 bits per heavy atom. The summed E-state index contributed by atoms with van der Waals surface area (Å²) in [5, 5.41) is 13.7. The van der Waals surface area contributed by atoms with E-state index in [1.807, 2.05) is 26.8 Å². The highest BCUT2D eigenvalue weighted by molar-refractivity contribution is 7.16. The Bertz CT molecular complexity index is 596. The van der Waals surface area contributed by atoms with E-state index in [0.29, 0.717) is 6.42 Å². The van der Waals surface area contributed by atoms with Crippen LogP contribution in [0, 0.1) is 5.41 Å². The normalized spacial score (nSPS) is 20.7. The molecule has 1 aromatic rings. The molecule has 0 saturated heterocycles. The molecule has 0 saturated carbocycles. The molecule has 2 heterocycles. The number of hydrogen-bond donors (Lipinski definition) is 2. The Morgan fingerprint density at radius 1 is 1.39 bits per heavy atom. The van der Waals surface area contributed by atoms with Gasteiger partial charge in [-0.2, -0.15) is 0 Å². The van der Waals surface area contributed by atoms with Crippen LogP contribution in [0.15, 0.2) is 6.07 Å². The first-order valence-electron chi connectivity index (χ1n) is 8.11. The van der Waals surface area contributed by atoms with Gasteiger partial charge in [0.1, 0.15) is 6.10 Å². The van der Waals surface area contributed by atoms with Crippen LogP contribution in [0.1, 0.15) is 65.3 Å². The van der Waals surface area contributed by atoms with Crippen LogP contribution in [0.25, 0.3) is 0 Å². The smallest absolute Gasteiger partial charge is 0.253 e. The fourth-order valence-electron chi connectivity index (χ4n) is 3.24. The number of anilines is 1. The van der Waals surface area contributed by atoms with E-state index in [1.165, 1.54) is 16.9 Å². The van der Waals surface area contributed by atoms with Crippen LogP contribution in [0.4, 0.5) is 5.00 Å². The number of nitrogens with one attached hydrogen (secondary N) is 1. The molecule has 1 aliphatic heterocycles. The molecule has 1 unspecified atom stereocenters. The van der Waals surface area contributed by atoms with Gasteiger partial charge in [-0.3, -0.25) is 4.79 Å². The van der Waals surface area contributed by atoms with Crippen molar-refractivity contribution in [1.29, 1.82) is 0 Å². The van der Waals surface area contributed by atoms with Gasteiger partial charge in [0, 0.05) is 11.3 Å². The van der Waals surface area contributed by atoms with Gasteiger partial charge in [0.15, 0.2) is 0 Å². The SMILES string of the molecule is CC(C)(C)CC(O)C(=O)Nc1cc2c(s1)C(C)(C)OC(C)(C)C2. The number of carbonyl (C=O) groups is 1. The number of fused-ring (bicyclic) bond motifs is 1. The number of aliphatic hydroxyl groups excluding tert-OH is 1. The maximum absolute atomic E-state index is 12.2. The molecule has 1 aromatic heterocycles.